The average Bonchev–Trinajstić information content (AvgIpc) is 3.24. The maximum Gasteiger partial charge on any atom is 0.257 e. The Hall–Kier alpha value is -1.51. The molecule has 0 saturated heterocycles. The molecule has 1 aromatic heterocycles. The molecule has 0 radical (unpaired) electrons. The summed E-state index contributed by atoms with van der Waals surface area (Å²) < 4.78 is 24.1. The molecule has 1 fully saturated rings. The lowest BCUT2D eigenvalue weighted by Crippen LogP contribution is -2.14. The molecule has 5 nitrogen and oxygen atoms in total. The van der Waals surface area contributed by atoms with Gasteiger partial charge in [0.25, 0.3) is 5.91 Å². The number of anilines is 1. The number of aromatic nitrogens is 1. The van der Waals surface area contributed by atoms with E-state index in [1.165, 1.54) is 30.2 Å². The van der Waals surface area contributed by atoms with Gasteiger partial charge in [-0.2, -0.15) is 0 Å². The van der Waals surface area contributed by atoms with Crippen LogP contribution in [0.2, 0.25) is 0 Å². The fourth-order valence-corrected chi connectivity index (χ4v) is 5.59. The molecule has 0 spiro atoms. The molecular formula is C18H19BrN2O3S2. The third-order valence-corrected chi connectivity index (χ3v) is 7.10. The van der Waals surface area contributed by atoms with Crippen LogP contribution in [0.3, 0.4) is 0 Å². The maximum absolute atomic E-state index is 12.8. The lowest BCUT2D eigenvalue weighted by Gasteiger charge is -2.12. The zero-order valence-corrected chi connectivity index (χ0v) is 17.5. The van der Waals surface area contributed by atoms with Crippen LogP contribution in [0.15, 0.2) is 45.2 Å². The van der Waals surface area contributed by atoms with Crippen LogP contribution in [0.25, 0.3) is 5.57 Å². The van der Waals surface area contributed by atoms with Crippen LogP contribution in [0.5, 0.6) is 0 Å². The number of sulfone groups is 1. The van der Waals surface area contributed by atoms with E-state index in [9.17, 15) is 13.2 Å². The van der Waals surface area contributed by atoms with Crippen LogP contribution in [-0.4, -0.2) is 25.6 Å². The molecule has 138 valence electrons. The van der Waals surface area contributed by atoms with Gasteiger partial charge < -0.3 is 0 Å². The second-order valence-corrected chi connectivity index (χ2v) is 10.1. The quantitative estimate of drug-likeness (QED) is 0.673. The standard InChI is InChI=1S/C18H19BrN2O3S2/c1-26(23,24)16-7-6-13(11-15(16)19)14(10-12-4-2-3-5-12)17(22)21-18-20-8-9-25-18/h6-12H,2-5H2,1H3,(H,20,21,22)/b14-10-. The molecule has 1 aliphatic rings. The molecule has 0 aliphatic heterocycles. The molecule has 1 aromatic carbocycles. The fourth-order valence-electron chi connectivity index (χ4n) is 3.08. The van der Waals surface area contributed by atoms with Crippen molar-refractivity contribution in [3.63, 3.8) is 0 Å². The van der Waals surface area contributed by atoms with E-state index in [0.717, 1.165) is 19.1 Å². The van der Waals surface area contributed by atoms with E-state index in [0.29, 0.717) is 26.7 Å². The van der Waals surface area contributed by atoms with Crippen molar-refractivity contribution < 1.29 is 13.2 Å². The Labute approximate surface area is 165 Å². The molecule has 0 bridgehead atoms. The highest BCUT2D eigenvalue weighted by Crippen LogP contribution is 2.32. The first-order valence-corrected chi connectivity index (χ1v) is 11.8. The van der Waals surface area contributed by atoms with Crippen molar-refractivity contribution in [3.05, 3.63) is 45.9 Å². The van der Waals surface area contributed by atoms with Gasteiger partial charge in [0.05, 0.1) is 4.90 Å². The number of hydrogen-bond donors (Lipinski definition) is 1. The lowest BCUT2D eigenvalue weighted by atomic mass is 9.98. The molecule has 1 saturated carbocycles. The van der Waals surface area contributed by atoms with Crippen molar-refractivity contribution >= 4 is 53.7 Å². The first-order valence-electron chi connectivity index (χ1n) is 8.27. The van der Waals surface area contributed by atoms with Crippen molar-refractivity contribution in [2.24, 2.45) is 5.92 Å². The van der Waals surface area contributed by atoms with E-state index in [2.05, 4.69) is 26.2 Å². The zero-order chi connectivity index (χ0) is 18.7. The first kappa shape index (κ1) is 19.3. The first-order chi connectivity index (χ1) is 12.3. The Balaban J connectivity index is 1.97. The van der Waals surface area contributed by atoms with Gasteiger partial charge in [0.15, 0.2) is 15.0 Å². The highest BCUT2D eigenvalue weighted by atomic mass is 79.9. The predicted octanol–water partition coefficient (Wildman–Crippen LogP) is 4.52. The van der Waals surface area contributed by atoms with Crippen molar-refractivity contribution in [1.82, 2.24) is 4.98 Å². The third kappa shape index (κ3) is 4.61. The number of rotatable bonds is 5. The summed E-state index contributed by atoms with van der Waals surface area (Å²) >= 11 is 4.68. The normalized spacial score (nSPS) is 16.0. The largest absolute Gasteiger partial charge is 0.298 e. The van der Waals surface area contributed by atoms with Gasteiger partial charge in [-0.3, -0.25) is 10.1 Å². The van der Waals surface area contributed by atoms with Gasteiger partial charge in [-0.05, 0) is 52.4 Å². The minimum atomic E-state index is -3.33. The SMILES string of the molecule is CS(=O)(=O)c1ccc(/C(=C/C2CCCC2)C(=O)Nc2nccs2)cc1Br. The number of amides is 1. The molecule has 8 heteroatoms. The fraction of sp³-hybridized carbons (Fsp3) is 0.333. The van der Waals surface area contributed by atoms with Crippen molar-refractivity contribution in [2.75, 3.05) is 11.6 Å². The summed E-state index contributed by atoms with van der Waals surface area (Å²) in [5, 5.41) is 5.17. The van der Waals surface area contributed by atoms with Crippen LogP contribution < -0.4 is 5.32 Å². The van der Waals surface area contributed by atoms with Crippen LogP contribution in [-0.2, 0) is 14.6 Å². The topological polar surface area (TPSA) is 76.1 Å². The summed E-state index contributed by atoms with van der Waals surface area (Å²) in [5.41, 5.74) is 1.23. The Kier molecular flexibility index (Phi) is 5.94. The van der Waals surface area contributed by atoms with Gasteiger partial charge in [-0.1, -0.05) is 25.0 Å². The zero-order valence-electron chi connectivity index (χ0n) is 14.2. The average molecular weight is 455 g/mol. The second-order valence-electron chi connectivity index (χ2n) is 6.33. The number of thiazole rings is 1. The minimum Gasteiger partial charge on any atom is -0.298 e. The Morgan fingerprint density at radius 2 is 2.08 bits per heavy atom. The summed E-state index contributed by atoms with van der Waals surface area (Å²) in [6.45, 7) is 0. The van der Waals surface area contributed by atoms with Gasteiger partial charge in [0.2, 0.25) is 0 Å². The number of carbonyl (C=O) groups excluding carboxylic acids is 1. The highest BCUT2D eigenvalue weighted by Gasteiger charge is 2.21. The van der Waals surface area contributed by atoms with E-state index >= 15 is 0 Å². The van der Waals surface area contributed by atoms with Crippen LogP contribution >= 0.6 is 27.3 Å². The number of carbonyl (C=O) groups is 1. The number of nitrogens with one attached hydrogen (secondary N) is 1. The summed E-state index contributed by atoms with van der Waals surface area (Å²) in [6.07, 6.45) is 9.28. The minimum absolute atomic E-state index is 0.210. The smallest absolute Gasteiger partial charge is 0.257 e. The van der Waals surface area contributed by atoms with E-state index in [-0.39, 0.29) is 10.8 Å². The van der Waals surface area contributed by atoms with Crippen molar-refractivity contribution in [2.45, 2.75) is 30.6 Å². The Morgan fingerprint density at radius 1 is 1.35 bits per heavy atom. The molecule has 0 unspecified atom stereocenters. The summed E-state index contributed by atoms with van der Waals surface area (Å²) in [5.74, 6) is 0.131. The van der Waals surface area contributed by atoms with Crippen molar-refractivity contribution in [3.8, 4) is 0 Å². The van der Waals surface area contributed by atoms with Gasteiger partial charge in [0.1, 0.15) is 0 Å². The van der Waals surface area contributed by atoms with Crippen LogP contribution in [0, 0.1) is 5.92 Å². The summed E-state index contributed by atoms with van der Waals surface area (Å²) in [4.78, 5) is 17.2. The molecule has 0 atom stereocenters. The Morgan fingerprint density at radius 3 is 2.65 bits per heavy atom. The molecule has 1 amide bonds. The highest BCUT2D eigenvalue weighted by molar-refractivity contribution is 9.10. The monoisotopic (exact) mass is 454 g/mol. The number of hydrogen-bond acceptors (Lipinski definition) is 5. The summed E-state index contributed by atoms with van der Waals surface area (Å²) in [6, 6.07) is 4.91. The van der Waals surface area contributed by atoms with E-state index in [1.54, 1.807) is 23.7 Å². The number of halogens is 1. The number of allylic oxidation sites excluding steroid dienone is 1. The lowest BCUT2D eigenvalue weighted by molar-refractivity contribution is -0.111. The molecule has 1 N–H and O–H groups in total. The molecule has 3 rings (SSSR count). The second kappa shape index (κ2) is 8.02. The van der Waals surface area contributed by atoms with E-state index < -0.39 is 9.84 Å². The molecule has 1 aliphatic carbocycles. The van der Waals surface area contributed by atoms with Gasteiger partial charge in [0, 0.05) is 27.9 Å². The molecular weight excluding hydrogens is 436 g/mol. The number of benzene rings is 1. The maximum atomic E-state index is 12.8. The van der Waals surface area contributed by atoms with Crippen LogP contribution in [0.4, 0.5) is 5.13 Å². The van der Waals surface area contributed by atoms with Gasteiger partial charge in [-0.25, -0.2) is 13.4 Å². The molecule has 26 heavy (non-hydrogen) atoms. The van der Waals surface area contributed by atoms with Gasteiger partial charge >= 0.3 is 0 Å². The van der Waals surface area contributed by atoms with Crippen molar-refractivity contribution in [1.29, 1.82) is 0 Å². The molecule has 2 aromatic rings. The van der Waals surface area contributed by atoms with E-state index in [1.807, 2.05) is 6.08 Å². The van der Waals surface area contributed by atoms with E-state index in [4.69, 9.17) is 0 Å². The Bertz CT molecular complexity index is 931. The summed E-state index contributed by atoms with van der Waals surface area (Å²) in [7, 11) is -3.33. The van der Waals surface area contributed by atoms with Crippen LogP contribution in [0.1, 0.15) is 31.2 Å². The molecule has 1 heterocycles. The number of nitrogens with zero attached hydrogens (tertiary/aromatic N) is 1. The third-order valence-electron chi connectivity index (χ3n) is 4.34. The predicted molar refractivity (Wildman–Crippen MR) is 108 cm³/mol. The van der Waals surface area contributed by atoms with Gasteiger partial charge in [-0.15, -0.1) is 11.3 Å².